The van der Waals surface area contributed by atoms with Crippen LogP contribution in [0.5, 0.6) is 11.5 Å². The third kappa shape index (κ3) is 5.71. The van der Waals surface area contributed by atoms with Crippen LogP contribution in [0.3, 0.4) is 0 Å². The van der Waals surface area contributed by atoms with Crippen LogP contribution in [0.2, 0.25) is 0 Å². The van der Waals surface area contributed by atoms with Crippen molar-refractivity contribution in [3.63, 3.8) is 0 Å². The minimum absolute atomic E-state index is 0.0318. The third-order valence-electron chi connectivity index (χ3n) is 5.57. The molecule has 180 valence electrons. The van der Waals surface area contributed by atoms with E-state index in [2.05, 4.69) is 6.58 Å². The number of phenolic OH excluding ortho intramolecular Hbond substituents is 1. The molecule has 0 bridgehead atoms. The first kappa shape index (κ1) is 25.1. The van der Waals surface area contributed by atoms with Crippen LogP contribution in [-0.4, -0.2) is 85.8 Å². The summed E-state index contributed by atoms with van der Waals surface area (Å²) in [6.45, 7) is 2.80. The van der Waals surface area contributed by atoms with E-state index < -0.39 is 43.4 Å². The SMILES string of the molecule is C=CCc1cc(-c2cc(C[C@@H](O)CO)ccc2O)ccc1O[C@@H]1O[C@H](CO)[C@@H](O)[C@H](O)[C@H]1O. The highest BCUT2D eigenvalue weighted by Gasteiger charge is 2.44. The van der Waals surface area contributed by atoms with Crippen LogP contribution in [0, 0.1) is 0 Å². The van der Waals surface area contributed by atoms with Crippen molar-refractivity contribution in [2.24, 2.45) is 0 Å². The van der Waals surface area contributed by atoms with Gasteiger partial charge in [0.2, 0.25) is 6.29 Å². The summed E-state index contributed by atoms with van der Waals surface area (Å²) in [6, 6.07) is 9.97. The minimum atomic E-state index is -1.56. The van der Waals surface area contributed by atoms with Gasteiger partial charge in [0.05, 0.1) is 19.3 Å². The molecule has 1 aliphatic heterocycles. The summed E-state index contributed by atoms with van der Waals surface area (Å²) < 4.78 is 11.2. The second-order valence-electron chi connectivity index (χ2n) is 8.02. The number of aliphatic hydroxyl groups is 6. The fourth-order valence-corrected chi connectivity index (χ4v) is 3.74. The van der Waals surface area contributed by atoms with Crippen molar-refractivity contribution in [1.82, 2.24) is 0 Å². The van der Waals surface area contributed by atoms with E-state index in [-0.39, 0.29) is 18.8 Å². The lowest BCUT2D eigenvalue weighted by Gasteiger charge is -2.39. The molecule has 0 unspecified atom stereocenters. The zero-order valence-corrected chi connectivity index (χ0v) is 18.0. The summed E-state index contributed by atoms with van der Waals surface area (Å²) in [5.74, 6) is 0.360. The highest BCUT2D eigenvalue weighted by molar-refractivity contribution is 5.72. The van der Waals surface area contributed by atoms with Crippen LogP contribution >= 0.6 is 0 Å². The summed E-state index contributed by atoms with van der Waals surface area (Å²) in [4.78, 5) is 0. The first-order chi connectivity index (χ1) is 15.8. The molecule has 0 aromatic heterocycles. The van der Waals surface area contributed by atoms with E-state index in [1.807, 2.05) is 0 Å². The molecule has 0 spiro atoms. The van der Waals surface area contributed by atoms with Gasteiger partial charge in [-0.1, -0.05) is 18.2 Å². The van der Waals surface area contributed by atoms with E-state index >= 15 is 0 Å². The van der Waals surface area contributed by atoms with Crippen molar-refractivity contribution in [3.05, 3.63) is 60.2 Å². The number of rotatable bonds is 9. The standard InChI is InChI=1S/C24H30O9/c1-2-3-15-10-14(17-9-13(4-6-18(17)28)8-16(27)11-25)5-7-19(15)32-24-23(31)22(30)21(29)20(12-26)33-24/h2,4-7,9-10,16,20-31H,1,3,8,11-12H2/t16-,20-,21-,22+,23-,24-/m1/s1. The molecule has 1 saturated heterocycles. The largest absolute Gasteiger partial charge is 0.507 e. The quantitative estimate of drug-likeness (QED) is 0.252. The molecule has 6 atom stereocenters. The second kappa shape index (κ2) is 11.1. The molecule has 1 fully saturated rings. The van der Waals surface area contributed by atoms with Gasteiger partial charge >= 0.3 is 0 Å². The Hall–Kier alpha value is -2.50. The Labute approximate surface area is 191 Å². The van der Waals surface area contributed by atoms with E-state index in [1.165, 1.54) is 6.07 Å². The van der Waals surface area contributed by atoms with Gasteiger partial charge in [0.25, 0.3) is 0 Å². The molecule has 1 heterocycles. The normalized spacial score (nSPS) is 26.1. The van der Waals surface area contributed by atoms with Crippen LogP contribution in [0.4, 0.5) is 0 Å². The summed E-state index contributed by atoms with van der Waals surface area (Å²) >= 11 is 0. The Kier molecular flexibility index (Phi) is 8.44. The van der Waals surface area contributed by atoms with Crippen LogP contribution < -0.4 is 4.74 Å². The zero-order valence-electron chi connectivity index (χ0n) is 18.0. The average Bonchev–Trinajstić information content (AvgIpc) is 2.81. The Morgan fingerprint density at radius 3 is 2.45 bits per heavy atom. The zero-order chi connectivity index (χ0) is 24.1. The highest BCUT2D eigenvalue weighted by atomic mass is 16.7. The molecular weight excluding hydrogens is 432 g/mol. The first-order valence-corrected chi connectivity index (χ1v) is 10.6. The van der Waals surface area contributed by atoms with E-state index in [0.29, 0.717) is 28.9 Å². The van der Waals surface area contributed by atoms with Crippen molar-refractivity contribution < 1.29 is 45.2 Å². The predicted molar refractivity (Wildman–Crippen MR) is 119 cm³/mol. The fraction of sp³-hybridized carbons (Fsp3) is 0.417. The number of allylic oxidation sites excluding steroid dienone is 1. The Balaban J connectivity index is 1.90. The van der Waals surface area contributed by atoms with Crippen LogP contribution in [0.15, 0.2) is 49.1 Å². The molecule has 9 nitrogen and oxygen atoms in total. The lowest BCUT2D eigenvalue weighted by atomic mass is 9.96. The van der Waals surface area contributed by atoms with Gasteiger partial charge in [-0.3, -0.25) is 0 Å². The van der Waals surface area contributed by atoms with Crippen molar-refractivity contribution in [3.8, 4) is 22.6 Å². The number of phenols is 1. The number of aliphatic hydroxyl groups excluding tert-OH is 6. The average molecular weight is 462 g/mol. The summed E-state index contributed by atoms with van der Waals surface area (Å²) in [7, 11) is 0. The van der Waals surface area contributed by atoms with Crippen LogP contribution in [0.1, 0.15) is 11.1 Å². The summed E-state index contributed by atoms with van der Waals surface area (Å²) in [6.07, 6.45) is -5.67. The van der Waals surface area contributed by atoms with Gasteiger partial charge in [0.15, 0.2) is 0 Å². The maximum absolute atomic E-state index is 10.4. The first-order valence-electron chi connectivity index (χ1n) is 10.6. The Bertz CT molecular complexity index is 946. The molecule has 0 aliphatic carbocycles. The molecule has 0 radical (unpaired) electrons. The highest BCUT2D eigenvalue weighted by Crippen LogP contribution is 2.35. The van der Waals surface area contributed by atoms with Crippen molar-refractivity contribution in [2.45, 2.75) is 49.7 Å². The van der Waals surface area contributed by atoms with Crippen molar-refractivity contribution in [1.29, 1.82) is 0 Å². The van der Waals surface area contributed by atoms with Gasteiger partial charge in [0.1, 0.15) is 35.9 Å². The van der Waals surface area contributed by atoms with E-state index in [4.69, 9.17) is 14.6 Å². The van der Waals surface area contributed by atoms with Crippen LogP contribution in [0.25, 0.3) is 11.1 Å². The molecule has 2 aromatic carbocycles. The number of benzene rings is 2. The van der Waals surface area contributed by atoms with Gasteiger partial charge in [0, 0.05) is 12.0 Å². The molecule has 7 N–H and O–H groups in total. The van der Waals surface area contributed by atoms with Gasteiger partial charge < -0.3 is 45.2 Å². The molecule has 1 aliphatic rings. The van der Waals surface area contributed by atoms with E-state index in [0.717, 1.165) is 5.56 Å². The van der Waals surface area contributed by atoms with Crippen LogP contribution in [-0.2, 0) is 17.6 Å². The molecule has 33 heavy (non-hydrogen) atoms. The van der Waals surface area contributed by atoms with Gasteiger partial charge in [-0.2, -0.15) is 0 Å². The molecule has 9 heteroatoms. The number of hydrogen-bond donors (Lipinski definition) is 7. The number of hydrogen-bond acceptors (Lipinski definition) is 9. The summed E-state index contributed by atoms with van der Waals surface area (Å²) in [5.41, 5.74) is 2.56. The van der Waals surface area contributed by atoms with Crippen molar-refractivity contribution >= 4 is 0 Å². The Morgan fingerprint density at radius 2 is 1.79 bits per heavy atom. The van der Waals surface area contributed by atoms with Gasteiger partial charge in [-0.05, 0) is 47.4 Å². The Morgan fingerprint density at radius 1 is 1.03 bits per heavy atom. The molecule has 2 aromatic rings. The molecule has 0 saturated carbocycles. The summed E-state index contributed by atoms with van der Waals surface area (Å²) in [5, 5.41) is 68.8. The van der Waals surface area contributed by atoms with Gasteiger partial charge in [-0.25, -0.2) is 0 Å². The third-order valence-corrected chi connectivity index (χ3v) is 5.57. The minimum Gasteiger partial charge on any atom is -0.507 e. The number of ether oxygens (including phenoxy) is 2. The van der Waals surface area contributed by atoms with E-state index in [9.17, 15) is 30.6 Å². The second-order valence-corrected chi connectivity index (χ2v) is 8.02. The monoisotopic (exact) mass is 462 g/mol. The molecule has 0 amide bonds. The van der Waals surface area contributed by atoms with Gasteiger partial charge in [-0.15, -0.1) is 6.58 Å². The molecular formula is C24H30O9. The maximum atomic E-state index is 10.4. The predicted octanol–water partition coefficient (Wildman–Crippen LogP) is -0.138. The topological polar surface area (TPSA) is 160 Å². The lowest BCUT2D eigenvalue weighted by Crippen LogP contribution is -2.60. The van der Waals surface area contributed by atoms with Crippen molar-refractivity contribution in [2.75, 3.05) is 13.2 Å². The lowest BCUT2D eigenvalue weighted by molar-refractivity contribution is -0.277. The number of aromatic hydroxyl groups is 1. The smallest absolute Gasteiger partial charge is 0.229 e. The maximum Gasteiger partial charge on any atom is 0.229 e. The molecule has 3 rings (SSSR count). The fourth-order valence-electron chi connectivity index (χ4n) is 3.74. The van der Waals surface area contributed by atoms with E-state index in [1.54, 1.807) is 36.4 Å².